The lowest BCUT2D eigenvalue weighted by Crippen LogP contribution is -2.22. The van der Waals surface area contributed by atoms with Gasteiger partial charge in [0.15, 0.2) is 0 Å². The van der Waals surface area contributed by atoms with Crippen molar-refractivity contribution in [3.63, 3.8) is 0 Å². The Kier molecular flexibility index (Phi) is 7.87. The van der Waals surface area contributed by atoms with Gasteiger partial charge < -0.3 is 15.6 Å². The van der Waals surface area contributed by atoms with Crippen molar-refractivity contribution >= 4 is 17.4 Å². The van der Waals surface area contributed by atoms with Crippen LogP contribution in [0.2, 0.25) is 0 Å². The summed E-state index contributed by atoms with van der Waals surface area (Å²) in [5, 5.41) is 9.67. The van der Waals surface area contributed by atoms with E-state index in [-0.39, 0.29) is 41.3 Å². The fourth-order valence-electron chi connectivity index (χ4n) is 2.79. The number of ether oxygens (including phenoxy) is 1. The van der Waals surface area contributed by atoms with Gasteiger partial charge in [-0.05, 0) is 49.7 Å². The van der Waals surface area contributed by atoms with Crippen LogP contribution in [-0.4, -0.2) is 35.0 Å². The van der Waals surface area contributed by atoms with Crippen molar-refractivity contribution in [2.75, 3.05) is 13.2 Å². The zero-order chi connectivity index (χ0) is 23.2. The molecule has 1 aromatic heterocycles. The first-order chi connectivity index (χ1) is 14.5. The van der Waals surface area contributed by atoms with E-state index in [4.69, 9.17) is 10.5 Å². The Balaban J connectivity index is 2.38. The van der Waals surface area contributed by atoms with Crippen LogP contribution in [0.1, 0.15) is 30.7 Å². The number of benzene rings is 1. The number of carbonyl (C=O) groups is 1. The summed E-state index contributed by atoms with van der Waals surface area (Å²) in [5.74, 6) is -1.76. The number of pyridine rings is 1. The topological polar surface area (TPSA) is 97.8 Å². The number of nitrogens with two attached hydrogens (primary N) is 1. The molecule has 31 heavy (non-hydrogen) atoms. The molecule has 0 bridgehead atoms. The van der Waals surface area contributed by atoms with E-state index in [9.17, 15) is 27.5 Å². The molecule has 1 aromatic carbocycles. The Morgan fingerprint density at radius 3 is 2.55 bits per heavy atom. The fourth-order valence-corrected chi connectivity index (χ4v) is 2.79. The Hall–Kier alpha value is -3.27. The van der Waals surface area contributed by atoms with Gasteiger partial charge in [-0.3, -0.25) is 4.98 Å². The molecule has 0 unspecified atom stereocenters. The van der Waals surface area contributed by atoms with E-state index >= 15 is 0 Å². The van der Waals surface area contributed by atoms with Gasteiger partial charge in [0, 0.05) is 24.0 Å². The Labute approximate surface area is 176 Å². The average molecular weight is 439 g/mol. The van der Waals surface area contributed by atoms with Crippen molar-refractivity contribution in [1.82, 2.24) is 4.98 Å². The normalized spacial score (nSPS) is 13.1. The van der Waals surface area contributed by atoms with E-state index in [2.05, 4.69) is 9.98 Å². The van der Waals surface area contributed by atoms with Crippen LogP contribution >= 0.6 is 0 Å². The summed E-state index contributed by atoms with van der Waals surface area (Å²) in [6.07, 6.45) is -3.41. The zero-order valence-electron chi connectivity index (χ0n) is 16.8. The molecular formula is C21H21F4N3O3. The van der Waals surface area contributed by atoms with Crippen molar-refractivity contribution in [2.24, 2.45) is 10.7 Å². The van der Waals surface area contributed by atoms with Crippen molar-refractivity contribution in [2.45, 2.75) is 26.4 Å². The van der Waals surface area contributed by atoms with Crippen LogP contribution in [0, 0.1) is 5.82 Å². The molecule has 0 saturated carbocycles. The van der Waals surface area contributed by atoms with E-state index in [1.165, 1.54) is 25.3 Å². The minimum atomic E-state index is -4.68. The van der Waals surface area contributed by atoms with Crippen LogP contribution in [0.15, 0.2) is 52.8 Å². The highest BCUT2D eigenvalue weighted by atomic mass is 19.4. The lowest BCUT2D eigenvalue weighted by molar-refractivity contribution is -0.138. The number of alkyl halides is 3. The number of rotatable bonds is 7. The average Bonchev–Trinajstić information content (AvgIpc) is 2.66. The zero-order valence-corrected chi connectivity index (χ0v) is 16.8. The third-order valence-corrected chi connectivity index (χ3v) is 4.05. The quantitative estimate of drug-likeness (QED) is 0.297. The molecule has 3 N–H and O–H groups in total. The number of esters is 1. The lowest BCUT2D eigenvalue weighted by Gasteiger charge is -2.11. The maximum atomic E-state index is 13.6. The molecule has 0 radical (unpaired) electrons. The minimum absolute atomic E-state index is 0.0410. The van der Waals surface area contributed by atoms with Gasteiger partial charge in [-0.2, -0.15) is 13.2 Å². The highest BCUT2D eigenvalue weighted by Gasteiger charge is 2.31. The molecule has 2 rings (SSSR count). The molecule has 1 heterocycles. The summed E-state index contributed by atoms with van der Waals surface area (Å²) in [4.78, 5) is 20.4. The maximum Gasteiger partial charge on any atom is 0.416 e. The molecular weight excluding hydrogens is 418 g/mol. The molecule has 0 spiro atoms. The van der Waals surface area contributed by atoms with E-state index in [1.54, 1.807) is 6.92 Å². The second-order valence-electron chi connectivity index (χ2n) is 6.52. The molecule has 166 valence electrons. The Bertz CT molecular complexity index is 1010. The Morgan fingerprint density at radius 2 is 1.97 bits per heavy atom. The molecule has 6 nitrogen and oxygen atoms in total. The summed E-state index contributed by atoms with van der Waals surface area (Å²) < 4.78 is 57.3. The predicted molar refractivity (Wildman–Crippen MR) is 106 cm³/mol. The number of carbonyl (C=O) groups excluding carboxylic acids is 1. The largest absolute Gasteiger partial charge is 0.462 e. The van der Waals surface area contributed by atoms with Crippen LogP contribution in [0.3, 0.4) is 0 Å². The predicted octanol–water partition coefficient (Wildman–Crippen LogP) is 3.69. The smallest absolute Gasteiger partial charge is 0.416 e. The molecule has 0 aliphatic heterocycles. The minimum Gasteiger partial charge on any atom is -0.462 e. The van der Waals surface area contributed by atoms with Crippen LogP contribution < -0.4 is 5.73 Å². The molecule has 0 amide bonds. The summed E-state index contributed by atoms with van der Waals surface area (Å²) in [5.41, 5.74) is 5.27. The van der Waals surface area contributed by atoms with Crippen molar-refractivity contribution in [1.29, 1.82) is 0 Å². The number of nitrogens with zero attached hydrogens (tertiary/aromatic N) is 2. The maximum absolute atomic E-state index is 13.6. The Morgan fingerprint density at radius 1 is 1.26 bits per heavy atom. The van der Waals surface area contributed by atoms with Gasteiger partial charge in [-0.1, -0.05) is 0 Å². The van der Waals surface area contributed by atoms with Crippen LogP contribution in [0.5, 0.6) is 0 Å². The second kappa shape index (κ2) is 10.2. The van der Waals surface area contributed by atoms with Gasteiger partial charge in [0.05, 0.1) is 30.2 Å². The van der Waals surface area contributed by atoms with Gasteiger partial charge in [0.1, 0.15) is 11.4 Å². The van der Waals surface area contributed by atoms with Crippen LogP contribution in [0.25, 0.3) is 0 Å². The van der Waals surface area contributed by atoms with E-state index in [0.717, 1.165) is 12.1 Å². The summed E-state index contributed by atoms with van der Waals surface area (Å²) in [6, 6.07) is 5.18. The number of aromatic nitrogens is 1. The first-order valence-electron chi connectivity index (χ1n) is 9.19. The molecule has 0 saturated heterocycles. The SMILES string of the molecule is CCOC(=O)/C(C(CO)=Nc1ccnc(Cc2cc(F)cc(C(F)(F)F)c2)c1)=C(\C)N. The number of allylic oxidation sites excluding steroid dienone is 1. The van der Waals surface area contributed by atoms with E-state index in [0.29, 0.717) is 11.8 Å². The fraction of sp³-hybridized carbons (Fsp3) is 0.286. The number of aliphatic hydroxyl groups excluding tert-OH is 1. The van der Waals surface area contributed by atoms with Gasteiger partial charge in [0.2, 0.25) is 0 Å². The number of hydrogen-bond acceptors (Lipinski definition) is 6. The number of halogens is 4. The van der Waals surface area contributed by atoms with E-state index in [1.807, 2.05) is 0 Å². The van der Waals surface area contributed by atoms with Crippen LogP contribution in [-0.2, 0) is 22.1 Å². The molecule has 10 heteroatoms. The first-order valence-corrected chi connectivity index (χ1v) is 9.19. The first kappa shape index (κ1) is 24.0. The molecule has 0 aliphatic carbocycles. The van der Waals surface area contributed by atoms with Gasteiger partial charge >= 0.3 is 12.1 Å². The third-order valence-electron chi connectivity index (χ3n) is 4.05. The number of aliphatic imine (C=N–C) groups is 1. The van der Waals surface area contributed by atoms with Crippen molar-refractivity contribution in [3.05, 3.63) is 70.4 Å². The summed E-state index contributed by atoms with van der Waals surface area (Å²) in [7, 11) is 0. The van der Waals surface area contributed by atoms with Gasteiger partial charge in [-0.25, -0.2) is 14.2 Å². The lowest BCUT2D eigenvalue weighted by atomic mass is 10.0. The van der Waals surface area contributed by atoms with E-state index < -0.39 is 30.1 Å². The van der Waals surface area contributed by atoms with Crippen molar-refractivity contribution in [3.8, 4) is 0 Å². The molecule has 0 atom stereocenters. The standard InChI is InChI=1S/C21H21F4N3O3/c1-3-31-20(30)19(12(2)26)18(11-29)28-16-4-5-27-17(10-16)8-13-6-14(21(23,24)25)9-15(22)7-13/h4-7,9-10,29H,3,8,11,26H2,1-2H3/b19-12+,28-18?. The second-order valence-corrected chi connectivity index (χ2v) is 6.52. The molecule has 0 aliphatic rings. The summed E-state index contributed by atoms with van der Waals surface area (Å²) >= 11 is 0. The van der Waals surface area contributed by atoms with Crippen molar-refractivity contribution < 1.29 is 32.2 Å². The number of hydrogen-bond donors (Lipinski definition) is 2. The summed E-state index contributed by atoms with van der Waals surface area (Å²) in [6.45, 7) is 2.56. The number of aliphatic hydroxyl groups is 1. The third kappa shape index (κ3) is 6.61. The highest BCUT2D eigenvalue weighted by Crippen LogP contribution is 2.31. The monoisotopic (exact) mass is 439 g/mol. The molecule has 0 fully saturated rings. The van der Waals surface area contributed by atoms with Gasteiger partial charge in [0.25, 0.3) is 0 Å². The van der Waals surface area contributed by atoms with Gasteiger partial charge in [-0.15, -0.1) is 0 Å². The molecule has 2 aromatic rings. The van der Waals surface area contributed by atoms with Crippen LogP contribution in [0.4, 0.5) is 23.2 Å². The highest BCUT2D eigenvalue weighted by molar-refractivity contribution is 6.21.